The van der Waals surface area contributed by atoms with Crippen LogP contribution in [-0.4, -0.2) is 44.3 Å². The third kappa shape index (κ3) is 7.22. The van der Waals surface area contributed by atoms with Crippen molar-refractivity contribution in [2.75, 3.05) is 17.4 Å². The molecule has 0 aliphatic heterocycles. The first-order chi connectivity index (χ1) is 18.3. The van der Waals surface area contributed by atoms with E-state index in [0.717, 1.165) is 28.3 Å². The van der Waals surface area contributed by atoms with Gasteiger partial charge in [-0.3, -0.25) is 13.9 Å². The summed E-state index contributed by atoms with van der Waals surface area (Å²) in [6.45, 7) is 5.99. The summed E-state index contributed by atoms with van der Waals surface area (Å²) in [6, 6.07) is 23.8. The minimum absolute atomic E-state index is 0.0926. The molecule has 2 amide bonds. The molecule has 0 saturated carbocycles. The SMILES string of the molecule is CCCCNC(=O)C(CC)N(Cc1ccccc1)C(=O)CN(c1ccccc1C)S(=O)(=O)c1ccccc1. The summed E-state index contributed by atoms with van der Waals surface area (Å²) in [5.41, 5.74) is 2.00. The van der Waals surface area contributed by atoms with Crippen LogP contribution in [-0.2, 0) is 26.2 Å². The van der Waals surface area contributed by atoms with Crippen molar-refractivity contribution in [1.82, 2.24) is 10.2 Å². The Bertz CT molecular complexity index is 1300. The van der Waals surface area contributed by atoms with Gasteiger partial charge >= 0.3 is 0 Å². The number of hydrogen-bond donors (Lipinski definition) is 1. The first-order valence-electron chi connectivity index (χ1n) is 13.0. The van der Waals surface area contributed by atoms with E-state index in [4.69, 9.17) is 0 Å². The van der Waals surface area contributed by atoms with Gasteiger partial charge in [0.2, 0.25) is 11.8 Å². The van der Waals surface area contributed by atoms with Crippen LogP contribution >= 0.6 is 0 Å². The molecule has 1 atom stereocenters. The quantitative estimate of drug-likeness (QED) is 0.315. The lowest BCUT2D eigenvalue weighted by molar-refractivity contribution is -0.140. The maximum atomic E-state index is 14.0. The molecular formula is C30H37N3O4S. The molecule has 3 rings (SSSR count). The zero-order chi connectivity index (χ0) is 27.5. The van der Waals surface area contributed by atoms with E-state index in [1.54, 1.807) is 30.3 Å². The second-order valence-corrected chi connectivity index (χ2v) is 11.0. The van der Waals surface area contributed by atoms with Gasteiger partial charge in [0.15, 0.2) is 0 Å². The van der Waals surface area contributed by atoms with Crippen LogP contribution in [0.25, 0.3) is 0 Å². The van der Waals surface area contributed by atoms with Crippen LogP contribution in [0.3, 0.4) is 0 Å². The first kappa shape index (κ1) is 28.9. The Morgan fingerprint density at radius 2 is 1.47 bits per heavy atom. The van der Waals surface area contributed by atoms with Crippen LogP contribution in [0.2, 0.25) is 0 Å². The van der Waals surface area contributed by atoms with E-state index >= 15 is 0 Å². The fraction of sp³-hybridized carbons (Fsp3) is 0.333. The van der Waals surface area contributed by atoms with Crippen LogP contribution < -0.4 is 9.62 Å². The first-order valence-corrected chi connectivity index (χ1v) is 14.5. The Balaban J connectivity index is 2.02. The summed E-state index contributed by atoms with van der Waals surface area (Å²) < 4.78 is 28.8. The largest absolute Gasteiger partial charge is 0.354 e. The zero-order valence-corrected chi connectivity index (χ0v) is 23.2. The van der Waals surface area contributed by atoms with Gasteiger partial charge in [-0.2, -0.15) is 0 Å². The number of nitrogens with one attached hydrogen (secondary N) is 1. The average Bonchev–Trinajstić information content (AvgIpc) is 2.93. The molecule has 8 heteroatoms. The summed E-state index contributed by atoms with van der Waals surface area (Å²) in [4.78, 5) is 28.8. The Hall–Kier alpha value is -3.65. The van der Waals surface area contributed by atoms with Crippen molar-refractivity contribution in [3.8, 4) is 0 Å². The lowest BCUT2D eigenvalue weighted by atomic mass is 10.1. The summed E-state index contributed by atoms with van der Waals surface area (Å²) in [7, 11) is -4.06. The van der Waals surface area contributed by atoms with Gasteiger partial charge in [-0.25, -0.2) is 8.42 Å². The lowest BCUT2D eigenvalue weighted by Gasteiger charge is -2.33. The predicted octanol–water partition coefficient (Wildman–Crippen LogP) is 4.91. The second-order valence-electron chi connectivity index (χ2n) is 9.19. The van der Waals surface area contributed by atoms with E-state index in [1.807, 2.05) is 63.2 Å². The number of benzene rings is 3. The fourth-order valence-electron chi connectivity index (χ4n) is 4.28. The van der Waals surface area contributed by atoms with Crippen molar-refractivity contribution in [1.29, 1.82) is 0 Å². The highest BCUT2D eigenvalue weighted by atomic mass is 32.2. The van der Waals surface area contributed by atoms with Crippen molar-refractivity contribution in [2.24, 2.45) is 0 Å². The molecule has 0 radical (unpaired) electrons. The molecule has 1 N–H and O–H groups in total. The topological polar surface area (TPSA) is 86.8 Å². The number of nitrogens with zero attached hydrogens (tertiary/aromatic N) is 2. The van der Waals surface area contributed by atoms with Gasteiger partial charge in [0.05, 0.1) is 10.6 Å². The van der Waals surface area contributed by atoms with Crippen LogP contribution in [0.5, 0.6) is 0 Å². The number of amides is 2. The molecule has 0 aliphatic rings. The molecule has 0 fully saturated rings. The highest BCUT2D eigenvalue weighted by Crippen LogP contribution is 2.27. The number of aryl methyl sites for hydroxylation is 1. The van der Waals surface area contributed by atoms with Crippen molar-refractivity contribution in [2.45, 2.75) is 57.5 Å². The Labute approximate surface area is 226 Å². The lowest BCUT2D eigenvalue weighted by Crippen LogP contribution is -2.52. The molecule has 0 heterocycles. The normalized spacial score (nSPS) is 12.0. The van der Waals surface area contributed by atoms with E-state index in [9.17, 15) is 18.0 Å². The molecule has 202 valence electrons. The van der Waals surface area contributed by atoms with Crippen LogP contribution in [0, 0.1) is 6.92 Å². The summed E-state index contributed by atoms with van der Waals surface area (Å²) >= 11 is 0. The van der Waals surface area contributed by atoms with Gasteiger partial charge in [0, 0.05) is 13.1 Å². The van der Waals surface area contributed by atoms with Gasteiger partial charge in [-0.15, -0.1) is 0 Å². The highest BCUT2D eigenvalue weighted by Gasteiger charge is 2.33. The van der Waals surface area contributed by atoms with Gasteiger partial charge in [0.25, 0.3) is 10.0 Å². The maximum absolute atomic E-state index is 14.0. The van der Waals surface area contributed by atoms with Crippen molar-refractivity contribution >= 4 is 27.5 Å². The molecule has 0 bridgehead atoms. The average molecular weight is 536 g/mol. The van der Waals surface area contributed by atoms with Crippen molar-refractivity contribution < 1.29 is 18.0 Å². The van der Waals surface area contributed by atoms with Crippen molar-refractivity contribution in [3.63, 3.8) is 0 Å². The maximum Gasteiger partial charge on any atom is 0.264 e. The molecule has 3 aromatic rings. The molecule has 0 aliphatic carbocycles. The van der Waals surface area contributed by atoms with Crippen molar-refractivity contribution in [3.05, 3.63) is 96.1 Å². The standard InChI is InChI=1S/C30H37N3O4S/c1-4-6-21-31-30(35)27(5-2)32(22-25-16-9-7-10-17-25)29(34)23-33(28-20-14-13-15-24(28)3)38(36,37)26-18-11-8-12-19-26/h7-20,27H,4-6,21-23H2,1-3H3,(H,31,35). The molecule has 0 aromatic heterocycles. The number of rotatable bonds is 13. The Morgan fingerprint density at radius 3 is 2.08 bits per heavy atom. The van der Waals surface area contributed by atoms with E-state index in [2.05, 4.69) is 5.32 Å². The highest BCUT2D eigenvalue weighted by molar-refractivity contribution is 7.92. The molecular weight excluding hydrogens is 498 g/mol. The number of anilines is 1. The summed E-state index contributed by atoms with van der Waals surface area (Å²) in [6.07, 6.45) is 2.17. The predicted molar refractivity (Wildman–Crippen MR) is 151 cm³/mol. The van der Waals surface area contributed by atoms with E-state index in [0.29, 0.717) is 18.7 Å². The van der Waals surface area contributed by atoms with E-state index < -0.39 is 28.5 Å². The van der Waals surface area contributed by atoms with Crippen LogP contribution in [0.15, 0.2) is 89.8 Å². The van der Waals surface area contributed by atoms with Gasteiger partial charge in [0.1, 0.15) is 12.6 Å². The monoisotopic (exact) mass is 535 g/mol. The number of unbranched alkanes of at least 4 members (excludes halogenated alkanes) is 1. The third-order valence-corrected chi connectivity index (χ3v) is 8.18. The molecule has 3 aromatic carbocycles. The molecule has 7 nitrogen and oxygen atoms in total. The van der Waals surface area contributed by atoms with E-state index in [1.165, 1.54) is 17.0 Å². The van der Waals surface area contributed by atoms with Gasteiger partial charge in [-0.1, -0.05) is 87.0 Å². The minimum Gasteiger partial charge on any atom is -0.354 e. The Morgan fingerprint density at radius 1 is 0.868 bits per heavy atom. The minimum atomic E-state index is -4.06. The Kier molecular flexibility index (Phi) is 10.5. The van der Waals surface area contributed by atoms with E-state index in [-0.39, 0.29) is 17.3 Å². The number of sulfonamides is 1. The molecule has 38 heavy (non-hydrogen) atoms. The molecule has 0 saturated heterocycles. The fourth-order valence-corrected chi connectivity index (χ4v) is 5.78. The van der Waals surface area contributed by atoms with Gasteiger partial charge in [-0.05, 0) is 49.1 Å². The zero-order valence-electron chi connectivity index (χ0n) is 22.3. The number of para-hydroxylation sites is 1. The summed E-state index contributed by atoms with van der Waals surface area (Å²) in [5.74, 6) is -0.687. The van der Waals surface area contributed by atoms with Crippen LogP contribution in [0.4, 0.5) is 5.69 Å². The smallest absolute Gasteiger partial charge is 0.264 e. The molecule has 0 spiro atoms. The number of carbonyl (C=O) groups is 2. The second kappa shape index (κ2) is 13.8. The molecule has 1 unspecified atom stereocenters. The third-order valence-electron chi connectivity index (χ3n) is 6.41. The number of hydrogen-bond acceptors (Lipinski definition) is 4. The van der Waals surface area contributed by atoms with Crippen LogP contribution in [0.1, 0.15) is 44.2 Å². The van der Waals surface area contributed by atoms with Gasteiger partial charge < -0.3 is 10.2 Å². The summed E-state index contributed by atoms with van der Waals surface area (Å²) in [5, 5.41) is 2.94. The number of carbonyl (C=O) groups excluding carboxylic acids is 2.